The van der Waals surface area contributed by atoms with Crippen molar-refractivity contribution >= 4 is 16.4 Å². The van der Waals surface area contributed by atoms with E-state index in [9.17, 15) is 0 Å². The van der Waals surface area contributed by atoms with Crippen LogP contribution in [0.1, 0.15) is 20.8 Å². The third-order valence-corrected chi connectivity index (χ3v) is 8.51. The lowest BCUT2D eigenvalue weighted by molar-refractivity contribution is 0.402. The minimum Gasteiger partial charge on any atom is -0.544 e. The smallest absolute Gasteiger partial charge is 0.250 e. The Morgan fingerprint density at radius 1 is 1.06 bits per heavy atom. The Hall–Kier alpha value is -0.286. The van der Waals surface area contributed by atoms with Crippen molar-refractivity contribution in [1.29, 1.82) is 0 Å². The lowest BCUT2D eigenvalue weighted by Crippen LogP contribution is -2.40. The Morgan fingerprint density at radius 2 is 1.50 bits per heavy atom. The van der Waals surface area contributed by atoms with Crippen LogP contribution in [0, 0.1) is 0 Å². The molecule has 0 aromatic heterocycles. The van der Waals surface area contributed by atoms with Crippen LogP contribution in [0.5, 0.6) is 0 Å². The van der Waals surface area contributed by atoms with Crippen molar-refractivity contribution in [1.82, 2.24) is 0 Å². The third kappa shape index (κ3) is 5.70. The molecule has 0 aliphatic heterocycles. The minimum atomic E-state index is -1.70. The molecule has 0 heterocycles. The van der Waals surface area contributed by atoms with Crippen molar-refractivity contribution < 1.29 is 4.43 Å². The zero-order valence-electron chi connectivity index (χ0n) is 12.3. The number of hydrogen-bond donors (Lipinski definition) is 0. The summed E-state index contributed by atoms with van der Waals surface area (Å²) >= 11 is 0. The zero-order chi connectivity index (χ0) is 13.2. The highest BCUT2D eigenvalue weighted by atomic mass is 28.4. The van der Waals surface area contributed by atoms with Gasteiger partial charge in [0, 0.05) is 0 Å². The normalized spacial score (nSPS) is 14.2. The second-order valence-electron chi connectivity index (χ2n) is 7.03. The molecule has 0 unspecified atom stereocenters. The van der Waals surface area contributed by atoms with Crippen LogP contribution in [-0.2, 0) is 4.43 Å². The standard InChI is InChI=1S/C13H28OSi2/c1-12(10-11-15(5,6)7)14-16(8,9)13(2,3)4/h10-11H,1H2,2-9H3/b11-10+. The highest BCUT2D eigenvalue weighted by molar-refractivity contribution is 6.81. The van der Waals surface area contributed by atoms with Crippen LogP contribution in [0.25, 0.3) is 0 Å². The van der Waals surface area contributed by atoms with Gasteiger partial charge in [-0.3, -0.25) is 0 Å². The molecule has 0 saturated heterocycles. The highest BCUT2D eigenvalue weighted by Gasteiger charge is 2.38. The molecule has 1 nitrogen and oxygen atoms in total. The van der Waals surface area contributed by atoms with Gasteiger partial charge in [0.05, 0.1) is 13.8 Å². The van der Waals surface area contributed by atoms with Gasteiger partial charge in [0.2, 0.25) is 8.32 Å². The lowest BCUT2D eigenvalue weighted by Gasteiger charge is -2.36. The number of allylic oxidation sites excluding steroid dienone is 1. The quantitative estimate of drug-likeness (QED) is 0.393. The Morgan fingerprint density at radius 3 is 1.81 bits per heavy atom. The highest BCUT2D eigenvalue weighted by Crippen LogP contribution is 2.37. The van der Waals surface area contributed by atoms with E-state index in [1.807, 2.05) is 0 Å². The van der Waals surface area contributed by atoms with Crippen LogP contribution in [0.3, 0.4) is 0 Å². The van der Waals surface area contributed by atoms with Gasteiger partial charge in [-0.25, -0.2) is 0 Å². The summed E-state index contributed by atoms with van der Waals surface area (Å²) in [5, 5.41) is 0.239. The Bertz CT molecular complexity index is 277. The van der Waals surface area contributed by atoms with Crippen LogP contribution in [0.4, 0.5) is 0 Å². The van der Waals surface area contributed by atoms with Gasteiger partial charge in [0.1, 0.15) is 0 Å². The predicted octanol–water partition coefficient (Wildman–Crippen LogP) is 4.96. The molecular weight excluding hydrogens is 228 g/mol. The van der Waals surface area contributed by atoms with Gasteiger partial charge in [-0.05, 0) is 24.2 Å². The summed E-state index contributed by atoms with van der Waals surface area (Å²) in [4.78, 5) is 0. The average molecular weight is 257 g/mol. The van der Waals surface area contributed by atoms with Crippen molar-refractivity contribution in [3.05, 3.63) is 24.1 Å². The van der Waals surface area contributed by atoms with Crippen molar-refractivity contribution in [3.8, 4) is 0 Å². The monoisotopic (exact) mass is 256 g/mol. The summed E-state index contributed by atoms with van der Waals surface area (Å²) < 4.78 is 6.08. The van der Waals surface area contributed by atoms with Gasteiger partial charge in [0.15, 0.2) is 0 Å². The van der Waals surface area contributed by atoms with Crippen LogP contribution in [-0.4, -0.2) is 16.4 Å². The van der Waals surface area contributed by atoms with Gasteiger partial charge in [0.25, 0.3) is 0 Å². The van der Waals surface area contributed by atoms with E-state index >= 15 is 0 Å². The minimum absolute atomic E-state index is 0.239. The van der Waals surface area contributed by atoms with E-state index in [1.54, 1.807) is 0 Å². The average Bonchev–Trinajstić information content (AvgIpc) is 1.96. The SMILES string of the molecule is C=C(/C=C/[Si](C)(C)C)O[Si](C)(C)C(C)(C)C. The lowest BCUT2D eigenvalue weighted by atomic mass is 10.2. The number of hydrogen-bond acceptors (Lipinski definition) is 1. The molecule has 0 atom stereocenters. The topological polar surface area (TPSA) is 9.23 Å². The van der Waals surface area contributed by atoms with Gasteiger partial charge in [-0.2, -0.15) is 0 Å². The maximum Gasteiger partial charge on any atom is 0.250 e. The van der Waals surface area contributed by atoms with E-state index in [0.717, 1.165) is 5.76 Å². The van der Waals surface area contributed by atoms with Crippen molar-refractivity contribution in [2.75, 3.05) is 0 Å². The molecule has 0 aromatic carbocycles. The summed E-state index contributed by atoms with van der Waals surface area (Å²) in [6.07, 6.45) is 2.06. The second-order valence-corrected chi connectivity index (χ2v) is 16.8. The van der Waals surface area contributed by atoms with E-state index in [0.29, 0.717) is 0 Å². The van der Waals surface area contributed by atoms with E-state index in [2.05, 4.69) is 71.9 Å². The fraction of sp³-hybridized carbons (Fsp3) is 0.692. The molecule has 0 saturated carbocycles. The molecule has 0 aliphatic rings. The second kappa shape index (κ2) is 4.92. The van der Waals surface area contributed by atoms with E-state index in [-0.39, 0.29) is 5.04 Å². The molecule has 0 spiro atoms. The molecule has 94 valence electrons. The fourth-order valence-corrected chi connectivity index (χ4v) is 2.57. The first-order chi connectivity index (χ1) is 6.85. The van der Waals surface area contributed by atoms with Crippen LogP contribution in [0.15, 0.2) is 24.1 Å². The van der Waals surface area contributed by atoms with Gasteiger partial charge >= 0.3 is 0 Å². The van der Waals surface area contributed by atoms with Gasteiger partial charge in [-0.1, -0.05) is 52.7 Å². The maximum atomic E-state index is 6.08. The Balaban J connectivity index is 4.54. The van der Waals surface area contributed by atoms with Crippen LogP contribution < -0.4 is 0 Å². The van der Waals surface area contributed by atoms with E-state index in [1.165, 1.54) is 0 Å². The van der Waals surface area contributed by atoms with Gasteiger partial charge < -0.3 is 4.43 Å². The van der Waals surface area contributed by atoms with Gasteiger partial charge in [-0.15, -0.1) is 0 Å². The van der Waals surface area contributed by atoms with E-state index in [4.69, 9.17) is 4.43 Å². The van der Waals surface area contributed by atoms with Crippen molar-refractivity contribution in [3.63, 3.8) is 0 Å². The molecule has 0 N–H and O–H groups in total. The third-order valence-electron chi connectivity index (χ3n) is 2.96. The Labute approximate surface area is 104 Å². The summed E-state index contributed by atoms with van der Waals surface area (Å²) in [7, 11) is -2.85. The first-order valence-electron chi connectivity index (χ1n) is 5.92. The van der Waals surface area contributed by atoms with Crippen molar-refractivity contribution in [2.45, 2.75) is 58.5 Å². The molecule has 0 radical (unpaired) electrons. The summed E-state index contributed by atoms with van der Waals surface area (Å²) in [5.41, 5.74) is 2.28. The first kappa shape index (κ1) is 15.7. The molecule has 0 aromatic rings. The molecule has 3 heteroatoms. The molecule has 0 fully saturated rings. The maximum absolute atomic E-state index is 6.08. The molecule has 0 bridgehead atoms. The first-order valence-corrected chi connectivity index (χ1v) is 12.4. The predicted molar refractivity (Wildman–Crippen MR) is 79.9 cm³/mol. The van der Waals surface area contributed by atoms with Crippen molar-refractivity contribution in [2.24, 2.45) is 0 Å². The molecule has 0 rings (SSSR count). The molecule has 0 amide bonds. The fourth-order valence-electron chi connectivity index (χ4n) is 0.858. The van der Waals surface area contributed by atoms with Crippen LogP contribution in [0.2, 0.25) is 37.8 Å². The largest absolute Gasteiger partial charge is 0.544 e. The molecular formula is C13H28OSi2. The summed E-state index contributed by atoms with van der Waals surface area (Å²) in [6, 6.07) is 0. The number of rotatable bonds is 4. The Kier molecular flexibility index (Phi) is 4.83. The van der Waals surface area contributed by atoms with E-state index < -0.39 is 16.4 Å². The molecule has 0 aliphatic carbocycles. The molecule has 16 heavy (non-hydrogen) atoms. The zero-order valence-corrected chi connectivity index (χ0v) is 14.3. The van der Waals surface area contributed by atoms with Crippen LogP contribution >= 0.6 is 0 Å². The summed E-state index contributed by atoms with van der Waals surface area (Å²) in [6.45, 7) is 22.2. The summed E-state index contributed by atoms with van der Waals surface area (Å²) in [5.74, 6) is 0.828.